The minimum Gasteiger partial charge on any atom is -0.366 e. The number of carbonyl (C=O) groups is 1. The van der Waals surface area contributed by atoms with E-state index in [9.17, 15) is 4.79 Å². The Morgan fingerprint density at radius 1 is 1.82 bits per heavy atom. The van der Waals surface area contributed by atoms with Gasteiger partial charge in [0.1, 0.15) is 0 Å². The first-order valence-electron chi connectivity index (χ1n) is 3.12. The van der Waals surface area contributed by atoms with E-state index >= 15 is 0 Å². The van der Waals surface area contributed by atoms with Crippen LogP contribution in [0.15, 0.2) is 12.4 Å². The van der Waals surface area contributed by atoms with E-state index in [1.165, 1.54) is 6.20 Å². The molecule has 0 atom stereocenters. The highest BCUT2D eigenvalue weighted by Gasteiger charge is 2.02. The average molecular weight is 218 g/mol. The average Bonchev–Trinajstić information content (AvgIpc) is 2.37. The van der Waals surface area contributed by atoms with Crippen molar-refractivity contribution in [3.8, 4) is 0 Å². The molecule has 1 heterocycles. The lowest BCUT2D eigenvalue weighted by molar-refractivity contribution is 0.1000. The molecule has 0 aliphatic heterocycles. The Labute approximate surface area is 72.5 Å². The monoisotopic (exact) mass is 217 g/mol. The van der Waals surface area contributed by atoms with E-state index in [4.69, 9.17) is 5.73 Å². The Hall–Kier alpha value is -0.840. The van der Waals surface area contributed by atoms with Gasteiger partial charge in [-0.25, -0.2) is 0 Å². The standard InChI is InChI=1S/C6H8BrN3O/c7-1-2-10-4-5(3-9-10)6(8)11/h3-4H,1-2H2,(H2,8,11). The molecule has 1 aromatic rings. The maximum absolute atomic E-state index is 10.6. The van der Waals surface area contributed by atoms with E-state index < -0.39 is 5.91 Å². The molecule has 5 heteroatoms. The Bertz CT molecular complexity index is 258. The first kappa shape index (κ1) is 8.26. The Morgan fingerprint density at radius 3 is 3.00 bits per heavy atom. The van der Waals surface area contributed by atoms with Gasteiger partial charge in [0, 0.05) is 11.5 Å². The predicted octanol–water partition coefficient (Wildman–Crippen LogP) is 0.377. The molecule has 0 spiro atoms. The number of nitrogens with zero attached hydrogens (tertiary/aromatic N) is 2. The second kappa shape index (κ2) is 3.52. The second-order valence-corrected chi connectivity index (χ2v) is 2.84. The van der Waals surface area contributed by atoms with Crippen LogP contribution < -0.4 is 5.73 Å². The van der Waals surface area contributed by atoms with Crippen molar-refractivity contribution in [1.82, 2.24) is 9.78 Å². The fourth-order valence-electron chi connectivity index (χ4n) is 0.700. The number of hydrogen-bond acceptors (Lipinski definition) is 2. The van der Waals surface area contributed by atoms with Crippen LogP contribution >= 0.6 is 15.9 Å². The van der Waals surface area contributed by atoms with Crippen molar-refractivity contribution in [3.05, 3.63) is 18.0 Å². The highest BCUT2D eigenvalue weighted by molar-refractivity contribution is 9.09. The quantitative estimate of drug-likeness (QED) is 0.745. The van der Waals surface area contributed by atoms with Crippen LogP contribution in [-0.4, -0.2) is 21.0 Å². The molecule has 0 fully saturated rings. The van der Waals surface area contributed by atoms with Gasteiger partial charge in [-0.1, -0.05) is 15.9 Å². The lowest BCUT2D eigenvalue weighted by Crippen LogP contribution is -2.09. The summed E-state index contributed by atoms with van der Waals surface area (Å²) in [6.07, 6.45) is 3.09. The van der Waals surface area contributed by atoms with Gasteiger partial charge in [-0.05, 0) is 0 Å². The first-order chi connectivity index (χ1) is 5.24. The predicted molar refractivity (Wildman–Crippen MR) is 44.5 cm³/mol. The van der Waals surface area contributed by atoms with Gasteiger partial charge < -0.3 is 5.73 Å². The SMILES string of the molecule is NC(=O)c1cnn(CCBr)c1. The van der Waals surface area contributed by atoms with Crippen LogP contribution in [0.2, 0.25) is 0 Å². The zero-order valence-corrected chi connectivity index (χ0v) is 7.41. The number of hydrogen-bond donors (Lipinski definition) is 1. The summed E-state index contributed by atoms with van der Waals surface area (Å²) in [6.45, 7) is 0.743. The van der Waals surface area contributed by atoms with Crippen LogP contribution in [0.1, 0.15) is 10.4 Å². The molecule has 0 bridgehead atoms. The van der Waals surface area contributed by atoms with Crippen LogP contribution in [0, 0.1) is 0 Å². The largest absolute Gasteiger partial charge is 0.366 e. The molecular formula is C6H8BrN3O. The Kier molecular flexibility index (Phi) is 2.64. The van der Waals surface area contributed by atoms with Gasteiger partial charge in [-0.3, -0.25) is 9.48 Å². The molecule has 0 aromatic carbocycles. The summed E-state index contributed by atoms with van der Waals surface area (Å²) in [7, 11) is 0. The minimum absolute atomic E-state index is 0.439. The highest BCUT2D eigenvalue weighted by Crippen LogP contribution is 1.96. The Morgan fingerprint density at radius 2 is 2.55 bits per heavy atom. The summed E-state index contributed by atoms with van der Waals surface area (Å²) in [5.41, 5.74) is 5.47. The second-order valence-electron chi connectivity index (χ2n) is 2.05. The highest BCUT2D eigenvalue weighted by atomic mass is 79.9. The van der Waals surface area contributed by atoms with Gasteiger partial charge in [-0.15, -0.1) is 0 Å². The number of aryl methyl sites for hydroxylation is 1. The zero-order valence-electron chi connectivity index (χ0n) is 5.83. The number of primary amides is 1. The summed E-state index contributed by atoms with van der Waals surface area (Å²) < 4.78 is 1.66. The summed E-state index contributed by atoms with van der Waals surface area (Å²) in [5, 5.41) is 4.73. The molecule has 1 aromatic heterocycles. The summed E-state index contributed by atoms with van der Waals surface area (Å²) >= 11 is 3.26. The molecule has 11 heavy (non-hydrogen) atoms. The molecule has 1 rings (SSSR count). The van der Waals surface area contributed by atoms with Crippen LogP contribution in [0.25, 0.3) is 0 Å². The molecular weight excluding hydrogens is 210 g/mol. The third-order valence-corrected chi connectivity index (χ3v) is 1.59. The molecule has 2 N–H and O–H groups in total. The van der Waals surface area contributed by atoms with Gasteiger partial charge in [0.15, 0.2) is 0 Å². The van der Waals surface area contributed by atoms with E-state index in [0.717, 1.165) is 11.9 Å². The van der Waals surface area contributed by atoms with E-state index in [1.54, 1.807) is 10.9 Å². The van der Waals surface area contributed by atoms with E-state index in [2.05, 4.69) is 21.0 Å². The summed E-state index contributed by atoms with van der Waals surface area (Å²) in [5.74, 6) is -0.439. The van der Waals surface area contributed by atoms with Gasteiger partial charge in [0.25, 0.3) is 5.91 Å². The summed E-state index contributed by atoms with van der Waals surface area (Å²) in [6, 6.07) is 0. The number of nitrogens with two attached hydrogens (primary N) is 1. The van der Waals surface area contributed by atoms with Crippen molar-refractivity contribution < 1.29 is 4.79 Å². The van der Waals surface area contributed by atoms with Crippen LogP contribution in [-0.2, 0) is 6.54 Å². The number of halogens is 1. The minimum atomic E-state index is -0.439. The van der Waals surface area contributed by atoms with E-state index in [1.807, 2.05) is 0 Å². The maximum atomic E-state index is 10.6. The molecule has 60 valence electrons. The van der Waals surface area contributed by atoms with Crippen molar-refractivity contribution >= 4 is 21.8 Å². The lowest BCUT2D eigenvalue weighted by atomic mass is 10.3. The fraction of sp³-hybridized carbons (Fsp3) is 0.333. The third-order valence-electron chi connectivity index (χ3n) is 1.23. The molecule has 4 nitrogen and oxygen atoms in total. The molecule has 0 aliphatic rings. The molecule has 0 saturated heterocycles. The zero-order chi connectivity index (χ0) is 8.27. The number of rotatable bonds is 3. The topological polar surface area (TPSA) is 60.9 Å². The first-order valence-corrected chi connectivity index (χ1v) is 4.24. The molecule has 0 saturated carbocycles. The van der Waals surface area contributed by atoms with E-state index in [0.29, 0.717) is 5.56 Å². The van der Waals surface area contributed by atoms with Crippen molar-refractivity contribution in [2.75, 3.05) is 5.33 Å². The number of carbonyl (C=O) groups excluding carboxylic acids is 1. The van der Waals surface area contributed by atoms with Gasteiger partial charge >= 0.3 is 0 Å². The third kappa shape index (κ3) is 2.04. The van der Waals surface area contributed by atoms with Crippen molar-refractivity contribution in [3.63, 3.8) is 0 Å². The smallest absolute Gasteiger partial charge is 0.251 e. The van der Waals surface area contributed by atoms with Gasteiger partial charge in [0.2, 0.25) is 0 Å². The molecule has 0 radical (unpaired) electrons. The van der Waals surface area contributed by atoms with Crippen molar-refractivity contribution in [2.24, 2.45) is 5.73 Å². The fourth-order valence-corrected chi connectivity index (χ4v) is 1.06. The molecule has 0 aliphatic carbocycles. The number of amides is 1. The van der Waals surface area contributed by atoms with Gasteiger partial charge in [-0.2, -0.15) is 5.10 Å². The lowest BCUT2D eigenvalue weighted by Gasteiger charge is -1.92. The maximum Gasteiger partial charge on any atom is 0.251 e. The van der Waals surface area contributed by atoms with Crippen molar-refractivity contribution in [2.45, 2.75) is 6.54 Å². The van der Waals surface area contributed by atoms with Crippen molar-refractivity contribution in [1.29, 1.82) is 0 Å². The summed E-state index contributed by atoms with van der Waals surface area (Å²) in [4.78, 5) is 10.6. The molecule has 0 unspecified atom stereocenters. The molecule has 1 amide bonds. The number of alkyl halides is 1. The van der Waals surface area contributed by atoms with Crippen LogP contribution in [0.5, 0.6) is 0 Å². The normalized spacial score (nSPS) is 9.91. The van der Waals surface area contributed by atoms with Crippen LogP contribution in [0.4, 0.5) is 0 Å². The van der Waals surface area contributed by atoms with Crippen LogP contribution in [0.3, 0.4) is 0 Å². The number of aromatic nitrogens is 2. The van der Waals surface area contributed by atoms with Gasteiger partial charge in [0.05, 0.1) is 18.3 Å². The van der Waals surface area contributed by atoms with E-state index in [-0.39, 0.29) is 0 Å². The Balaban J connectivity index is 2.73.